The molecule has 0 saturated carbocycles. The molecule has 0 spiro atoms. The maximum Gasteiger partial charge on any atom is 0.125 e. The van der Waals surface area contributed by atoms with Gasteiger partial charge in [-0.15, -0.1) is 0 Å². The molecule has 1 aliphatic rings. The molecule has 3 heteroatoms. The predicted octanol–water partition coefficient (Wildman–Crippen LogP) is 3.77. The van der Waals surface area contributed by atoms with E-state index < -0.39 is 6.10 Å². The monoisotopic (exact) mass is 291 g/mol. The fraction of sp³-hybridized carbons (Fsp3) is 0.667. The minimum absolute atomic E-state index is 0.472. The summed E-state index contributed by atoms with van der Waals surface area (Å²) in [6.45, 7) is 6.68. The maximum absolute atomic E-state index is 10.7. The third-order valence-corrected chi connectivity index (χ3v) is 4.46. The number of β-amino-alcohol motifs (C(OH)–C–C–N with tert-alkyl or cyclic N) is 1. The Balaban J connectivity index is 2.07. The van der Waals surface area contributed by atoms with Crippen LogP contribution in [0, 0.1) is 0 Å². The van der Waals surface area contributed by atoms with Crippen molar-refractivity contribution in [1.82, 2.24) is 4.90 Å². The van der Waals surface area contributed by atoms with Crippen LogP contribution in [0.4, 0.5) is 0 Å². The van der Waals surface area contributed by atoms with Crippen LogP contribution in [0.2, 0.25) is 0 Å². The molecule has 2 rings (SSSR count). The number of likely N-dealkylation sites (tertiary alicyclic amines) is 1. The van der Waals surface area contributed by atoms with E-state index in [9.17, 15) is 5.11 Å². The van der Waals surface area contributed by atoms with Gasteiger partial charge >= 0.3 is 0 Å². The average molecular weight is 291 g/mol. The summed E-state index contributed by atoms with van der Waals surface area (Å²) in [5, 5.41) is 10.7. The maximum atomic E-state index is 10.7. The lowest BCUT2D eigenvalue weighted by Crippen LogP contribution is -2.37. The average Bonchev–Trinajstić information content (AvgIpc) is 2.73. The predicted molar refractivity (Wildman–Crippen MR) is 86.7 cm³/mol. The first kappa shape index (κ1) is 16.3. The van der Waals surface area contributed by atoms with Gasteiger partial charge in [0, 0.05) is 18.2 Å². The van der Waals surface area contributed by atoms with Crippen LogP contribution in [-0.2, 0) is 0 Å². The third kappa shape index (κ3) is 4.45. The summed E-state index contributed by atoms with van der Waals surface area (Å²) in [5.74, 6) is 0.815. The van der Waals surface area contributed by atoms with Crippen LogP contribution in [0.1, 0.15) is 57.6 Å². The molecule has 1 N–H and O–H groups in total. The van der Waals surface area contributed by atoms with Gasteiger partial charge in [0.05, 0.1) is 12.7 Å². The Bertz CT molecular complexity index is 421. The van der Waals surface area contributed by atoms with E-state index in [2.05, 4.69) is 11.8 Å². The zero-order chi connectivity index (χ0) is 15.1. The number of hydrogen-bond donors (Lipinski definition) is 1. The van der Waals surface area contributed by atoms with Crippen molar-refractivity contribution >= 4 is 0 Å². The number of ether oxygens (including phenoxy) is 1. The lowest BCUT2D eigenvalue weighted by atomic mass is 10.0. The van der Waals surface area contributed by atoms with Crippen LogP contribution in [0.25, 0.3) is 0 Å². The van der Waals surface area contributed by atoms with Crippen molar-refractivity contribution in [2.45, 2.75) is 58.1 Å². The molecule has 1 fully saturated rings. The molecule has 0 bridgehead atoms. The number of benzene rings is 1. The molecular formula is C18H29NO2. The molecule has 1 saturated heterocycles. The Morgan fingerprint density at radius 2 is 2.05 bits per heavy atom. The second-order valence-electron chi connectivity index (χ2n) is 5.89. The molecule has 1 aromatic carbocycles. The molecule has 1 aliphatic heterocycles. The second-order valence-corrected chi connectivity index (χ2v) is 5.89. The minimum Gasteiger partial charge on any atom is -0.493 e. The summed E-state index contributed by atoms with van der Waals surface area (Å²) in [6.07, 6.45) is 5.84. The molecule has 1 aromatic rings. The van der Waals surface area contributed by atoms with E-state index in [4.69, 9.17) is 4.74 Å². The summed E-state index contributed by atoms with van der Waals surface area (Å²) in [5.41, 5.74) is 0.915. The Kier molecular flexibility index (Phi) is 6.52. The van der Waals surface area contributed by atoms with Gasteiger partial charge in [0.25, 0.3) is 0 Å². The van der Waals surface area contributed by atoms with E-state index >= 15 is 0 Å². The molecule has 0 aliphatic carbocycles. The molecule has 2 unspecified atom stereocenters. The van der Waals surface area contributed by atoms with Gasteiger partial charge in [-0.1, -0.05) is 38.0 Å². The van der Waals surface area contributed by atoms with Crippen LogP contribution >= 0.6 is 0 Å². The number of hydrogen-bond acceptors (Lipinski definition) is 3. The number of aliphatic hydroxyl groups is 1. The zero-order valence-electron chi connectivity index (χ0n) is 13.4. The largest absolute Gasteiger partial charge is 0.493 e. The standard InChI is InChI=1S/C18H29NO2/c1-3-15-10-6-5-9-13-19(15)14-17(20)16-11-7-8-12-18(16)21-4-2/h7-8,11-12,15,17,20H,3-6,9-10,13-14H2,1-2H3. The first-order valence-corrected chi connectivity index (χ1v) is 8.40. The van der Waals surface area contributed by atoms with E-state index in [1.54, 1.807) is 0 Å². The quantitative estimate of drug-likeness (QED) is 0.866. The minimum atomic E-state index is -0.472. The van der Waals surface area contributed by atoms with Crippen LogP contribution in [0.5, 0.6) is 5.75 Å². The SMILES string of the molecule is CCOc1ccccc1C(O)CN1CCCCCC1CC. The van der Waals surface area contributed by atoms with Gasteiger partial charge in [0.1, 0.15) is 5.75 Å². The van der Waals surface area contributed by atoms with Crippen molar-refractivity contribution < 1.29 is 9.84 Å². The van der Waals surface area contributed by atoms with Gasteiger partial charge in [0.2, 0.25) is 0 Å². The normalized spacial score (nSPS) is 21.8. The highest BCUT2D eigenvalue weighted by molar-refractivity contribution is 5.35. The highest BCUT2D eigenvalue weighted by atomic mass is 16.5. The molecule has 118 valence electrons. The number of aliphatic hydroxyl groups excluding tert-OH is 1. The van der Waals surface area contributed by atoms with E-state index in [0.29, 0.717) is 19.2 Å². The first-order chi connectivity index (χ1) is 10.3. The number of para-hydroxylation sites is 1. The van der Waals surface area contributed by atoms with Crippen molar-refractivity contribution in [2.75, 3.05) is 19.7 Å². The van der Waals surface area contributed by atoms with Gasteiger partial charge in [0.15, 0.2) is 0 Å². The molecule has 3 nitrogen and oxygen atoms in total. The van der Waals surface area contributed by atoms with Crippen molar-refractivity contribution in [3.63, 3.8) is 0 Å². The van der Waals surface area contributed by atoms with Crippen LogP contribution in [0.3, 0.4) is 0 Å². The Hall–Kier alpha value is -1.06. The Morgan fingerprint density at radius 1 is 1.24 bits per heavy atom. The summed E-state index contributed by atoms with van der Waals surface area (Å²) >= 11 is 0. The summed E-state index contributed by atoms with van der Waals surface area (Å²) in [4.78, 5) is 2.47. The Morgan fingerprint density at radius 3 is 2.81 bits per heavy atom. The molecule has 0 aromatic heterocycles. The lowest BCUT2D eigenvalue weighted by Gasteiger charge is -2.31. The molecule has 1 heterocycles. The van der Waals surface area contributed by atoms with E-state index in [1.165, 1.54) is 32.1 Å². The van der Waals surface area contributed by atoms with Crippen LogP contribution in [0.15, 0.2) is 24.3 Å². The molecule has 2 atom stereocenters. The van der Waals surface area contributed by atoms with Crippen molar-refractivity contribution in [2.24, 2.45) is 0 Å². The van der Waals surface area contributed by atoms with Crippen molar-refractivity contribution in [1.29, 1.82) is 0 Å². The fourth-order valence-corrected chi connectivity index (χ4v) is 3.30. The van der Waals surface area contributed by atoms with Crippen molar-refractivity contribution in [3.05, 3.63) is 29.8 Å². The molecule has 21 heavy (non-hydrogen) atoms. The smallest absolute Gasteiger partial charge is 0.125 e. The molecular weight excluding hydrogens is 262 g/mol. The van der Waals surface area contributed by atoms with Gasteiger partial charge in [-0.2, -0.15) is 0 Å². The highest BCUT2D eigenvalue weighted by Crippen LogP contribution is 2.28. The van der Waals surface area contributed by atoms with E-state index in [1.807, 2.05) is 31.2 Å². The summed E-state index contributed by atoms with van der Waals surface area (Å²) < 4.78 is 5.65. The third-order valence-electron chi connectivity index (χ3n) is 4.46. The summed E-state index contributed by atoms with van der Waals surface area (Å²) in [7, 11) is 0. The van der Waals surface area contributed by atoms with Gasteiger partial charge < -0.3 is 9.84 Å². The molecule has 0 radical (unpaired) electrons. The Labute approximate surface area is 128 Å². The fourth-order valence-electron chi connectivity index (χ4n) is 3.30. The van der Waals surface area contributed by atoms with Crippen LogP contribution < -0.4 is 4.74 Å². The topological polar surface area (TPSA) is 32.7 Å². The van der Waals surface area contributed by atoms with E-state index in [-0.39, 0.29) is 0 Å². The van der Waals surface area contributed by atoms with Crippen molar-refractivity contribution in [3.8, 4) is 5.75 Å². The zero-order valence-corrected chi connectivity index (χ0v) is 13.4. The molecule has 0 amide bonds. The summed E-state index contributed by atoms with van der Waals surface area (Å²) in [6, 6.07) is 8.47. The van der Waals surface area contributed by atoms with Gasteiger partial charge in [-0.05, 0) is 38.8 Å². The van der Waals surface area contributed by atoms with E-state index in [0.717, 1.165) is 17.9 Å². The van der Waals surface area contributed by atoms with Gasteiger partial charge in [-0.3, -0.25) is 4.90 Å². The number of nitrogens with zero attached hydrogens (tertiary/aromatic N) is 1. The number of rotatable bonds is 6. The second kappa shape index (κ2) is 8.40. The van der Waals surface area contributed by atoms with Gasteiger partial charge in [-0.25, -0.2) is 0 Å². The lowest BCUT2D eigenvalue weighted by molar-refractivity contribution is 0.0844. The highest BCUT2D eigenvalue weighted by Gasteiger charge is 2.23. The van der Waals surface area contributed by atoms with Crippen LogP contribution in [-0.4, -0.2) is 35.7 Å². The first-order valence-electron chi connectivity index (χ1n) is 8.40.